The summed E-state index contributed by atoms with van der Waals surface area (Å²) >= 11 is 0. The van der Waals surface area contributed by atoms with E-state index in [9.17, 15) is 4.79 Å². The van der Waals surface area contributed by atoms with Gasteiger partial charge in [-0.3, -0.25) is 9.69 Å². The van der Waals surface area contributed by atoms with Gasteiger partial charge < -0.3 is 14.5 Å². The molecule has 26 heavy (non-hydrogen) atoms. The average molecular weight is 353 g/mol. The standard InChI is InChI=1S/C21H27N3O2/c1-22(2)21(25)20(17-8-5-4-6-9-17)24-14-12-23(13-15-24)18-10-7-11-19(16-18)26-3/h4-11,16,20H,12-15H2,1-3H3. The Bertz CT molecular complexity index is 725. The van der Waals surface area contributed by atoms with Crippen LogP contribution in [-0.2, 0) is 4.79 Å². The summed E-state index contributed by atoms with van der Waals surface area (Å²) < 4.78 is 5.33. The molecule has 1 aliphatic rings. The molecule has 1 aliphatic heterocycles. The van der Waals surface area contributed by atoms with E-state index in [1.165, 1.54) is 5.69 Å². The molecule has 5 nitrogen and oxygen atoms in total. The number of anilines is 1. The van der Waals surface area contributed by atoms with Gasteiger partial charge in [-0.25, -0.2) is 0 Å². The van der Waals surface area contributed by atoms with Gasteiger partial charge in [-0.1, -0.05) is 36.4 Å². The van der Waals surface area contributed by atoms with Crippen molar-refractivity contribution < 1.29 is 9.53 Å². The molecule has 1 saturated heterocycles. The van der Waals surface area contributed by atoms with Crippen molar-refractivity contribution in [2.24, 2.45) is 0 Å². The lowest BCUT2D eigenvalue weighted by molar-refractivity contribution is -0.134. The Morgan fingerprint density at radius 2 is 1.69 bits per heavy atom. The van der Waals surface area contributed by atoms with Crippen LogP contribution in [0, 0.1) is 0 Å². The molecule has 0 saturated carbocycles. The van der Waals surface area contributed by atoms with Crippen molar-refractivity contribution in [3.63, 3.8) is 0 Å². The van der Waals surface area contributed by atoms with Crippen LogP contribution >= 0.6 is 0 Å². The van der Waals surface area contributed by atoms with E-state index in [4.69, 9.17) is 4.74 Å². The molecule has 0 bridgehead atoms. The molecule has 1 amide bonds. The summed E-state index contributed by atoms with van der Waals surface area (Å²) in [5.41, 5.74) is 2.22. The van der Waals surface area contributed by atoms with Crippen molar-refractivity contribution in [3.8, 4) is 5.75 Å². The van der Waals surface area contributed by atoms with E-state index < -0.39 is 0 Å². The zero-order chi connectivity index (χ0) is 18.5. The molecule has 2 aromatic carbocycles. The number of hydrogen-bond donors (Lipinski definition) is 0. The second-order valence-electron chi connectivity index (χ2n) is 6.77. The fourth-order valence-electron chi connectivity index (χ4n) is 3.43. The minimum atomic E-state index is -0.223. The fraction of sp³-hybridized carbons (Fsp3) is 0.381. The Morgan fingerprint density at radius 1 is 1.00 bits per heavy atom. The molecule has 1 fully saturated rings. The molecule has 138 valence electrons. The smallest absolute Gasteiger partial charge is 0.244 e. The van der Waals surface area contributed by atoms with Gasteiger partial charge in [-0.15, -0.1) is 0 Å². The zero-order valence-electron chi connectivity index (χ0n) is 15.8. The maximum atomic E-state index is 12.8. The number of carbonyl (C=O) groups is 1. The summed E-state index contributed by atoms with van der Waals surface area (Å²) in [5.74, 6) is 1.00. The van der Waals surface area contributed by atoms with Crippen LogP contribution in [0.4, 0.5) is 5.69 Å². The van der Waals surface area contributed by atoms with Crippen LogP contribution in [0.25, 0.3) is 0 Å². The van der Waals surface area contributed by atoms with E-state index in [0.29, 0.717) is 0 Å². The second kappa shape index (κ2) is 8.23. The highest BCUT2D eigenvalue weighted by Crippen LogP contribution is 2.27. The zero-order valence-corrected chi connectivity index (χ0v) is 15.8. The summed E-state index contributed by atoms with van der Waals surface area (Å²) in [6, 6.07) is 18.0. The van der Waals surface area contributed by atoms with Gasteiger partial charge in [0.15, 0.2) is 0 Å². The van der Waals surface area contributed by atoms with E-state index in [1.807, 2.05) is 56.6 Å². The van der Waals surface area contributed by atoms with Crippen molar-refractivity contribution >= 4 is 11.6 Å². The van der Waals surface area contributed by atoms with E-state index in [-0.39, 0.29) is 11.9 Å². The Balaban J connectivity index is 1.74. The monoisotopic (exact) mass is 353 g/mol. The third-order valence-corrected chi connectivity index (χ3v) is 4.89. The van der Waals surface area contributed by atoms with Gasteiger partial charge in [-0.2, -0.15) is 0 Å². The lowest BCUT2D eigenvalue weighted by Crippen LogP contribution is -2.51. The molecule has 0 radical (unpaired) electrons. The number of methoxy groups -OCH3 is 1. The number of hydrogen-bond acceptors (Lipinski definition) is 4. The van der Waals surface area contributed by atoms with E-state index in [2.05, 4.69) is 21.9 Å². The van der Waals surface area contributed by atoms with Crippen LogP contribution in [0.3, 0.4) is 0 Å². The van der Waals surface area contributed by atoms with Gasteiger partial charge in [0.05, 0.1) is 7.11 Å². The number of ether oxygens (including phenoxy) is 1. The maximum Gasteiger partial charge on any atom is 0.244 e. The Kier molecular flexibility index (Phi) is 5.78. The fourth-order valence-corrected chi connectivity index (χ4v) is 3.43. The average Bonchev–Trinajstić information content (AvgIpc) is 2.69. The number of nitrogens with zero attached hydrogens (tertiary/aromatic N) is 3. The molecule has 3 rings (SSSR count). The molecule has 2 aromatic rings. The molecule has 1 unspecified atom stereocenters. The van der Waals surface area contributed by atoms with Crippen LogP contribution in [0.5, 0.6) is 5.75 Å². The number of rotatable bonds is 5. The Labute approximate surface area is 155 Å². The summed E-state index contributed by atoms with van der Waals surface area (Å²) in [6.45, 7) is 3.46. The first-order valence-electron chi connectivity index (χ1n) is 8.99. The minimum Gasteiger partial charge on any atom is -0.497 e. The highest BCUT2D eigenvalue weighted by atomic mass is 16.5. The van der Waals surface area contributed by atoms with Gasteiger partial charge in [0.25, 0.3) is 0 Å². The molecule has 0 spiro atoms. The summed E-state index contributed by atoms with van der Waals surface area (Å²) in [7, 11) is 5.34. The van der Waals surface area contributed by atoms with Gasteiger partial charge in [0.1, 0.15) is 11.8 Å². The van der Waals surface area contributed by atoms with Gasteiger partial charge >= 0.3 is 0 Å². The van der Waals surface area contributed by atoms with Gasteiger partial charge in [0.2, 0.25) is 5.91 Å². The number of carbonyl (C=O) groups excluding carboxylic acids is 1. The highest BCUT2D eigenvalue weighted by molar-refractivity contribution is 5.83. The molecule has 5 heteroatoms. The van der Waals surface area contributed by atoms with Crippen LogP contribution in [0.1, 0.15) is 11.6 Å². The quantitative estimate of drug-likeness (QED) is 0.828. The predicted molar refractivity (Wildman–Crippen MR) is 105 cm³/mol. The summed E-state index contributed by atoms with van der Waals surface area (Å²) in [6.07, 6.45) is 0. The van der Waals surface area contributed by atoms with Crippen molar-refractivity contribution in [1.29, 1.82) is 0 Å². The highest BCUT2D eigenvalue weighted by Gasteiger charge is 2.31. The van der Waals surface area contributed by atoms with Crippen molar-refractivity contribution in [2.75, 3.05) is 52.3 Å². The first kappa shape index (κ1) is 18.3. The minimum absolute atomic E-state index is 0.131. The largest absolute Gasteiger partial charge is 0.497 e. The first-order chi connectivity index (χ1) is 12.6. The van der Waals surface area contributed by atoms with Crippen LogP contribution < -0.4 is 9.64 Å². The number of likely N-dealkylation sites (N-methyl/N-ethyl adjacent to an activating group) is 1. The Hall–Kier alpha value is -2.53. The SMILES string of the molecule is COc1cccc(N2CCN(C(C(=O)N(C)C)c3ccccc3)CC2)c1. The van der Waals surface area contributed by atoms with Crippen molar-refractivity contribution in [2.45, 2.75) is 6.04 Å². The first-order valence-corrected chi connectivity index (χ1v) is 8.99. The predicted octanol–water partition coefficient (Wildman–Crippen LogP) is 2.65. The summed E-state index contributed by atoms with van der Waals surface area (Å²) in [4.78, 5) is 19.2. The van der Waals surface area contributed by atoms with Crippen molar-refractivity contribution in [1.82, 2.24) is 9.80 Å². The lowest BCUT2D eigenvalue weighted by atomic mass is 10.0. The van der Waals surface area contributed by atoms with Crippen LogP contribution in [0.15, 0.2) is 54.6 Å². The molecule has 1 heterocycles. The molecule has 0 aromatic heterocycles. The van der Waals surface area contributed by atoms with Gasteiger partial charge in [-0.05, 0) is 17.7 Å². The number of piperazine rings is 1. The molecule has 0 N–H and O–H groups in total. The topological polar surface area (TPSA) is 36.0 Å². The van der Waals surface area contributed by atoms with Crippen LogP contribution in [-0.4, -0.2) is 63.1 Å². The van der Waals surface area contributed by atoms with Crippen molar-refractivity contribution in [3.05, 3.63) is 60.2 Å². The lowest BCUT2D eigenvalue weighted by Gasteiger charge is -2.40. The van der Waals surface area contributed by atoms with E-state index >= 15 is 0 Å². The molecular weight excluding hydrogens is 326 g/mol. The van der Waals surface area contributed by atoms with E-state index in [0.717, 1.165) is 37.5 Å². The molecule has 1 atom stereocenters. The number of amides is 1. The van der Waals surface area contributed by atoms with Crippen LogP contribution in [0.2, 0.25) is 0 Å². The molecule has 0 aliphatic carbocycles. The second-order valence-corrected chi connectivity index (χ2v) is 6.77. The third-order valence-electron chi connectivity index (χ3n) is 4.89. The normalized spacial score (nSPS) is 16.2. The number of benzene rings is 2. The molecular formula is C21H27N3O2. The summed E-state index contributed by atoms with van der Waals surface area (Å²) in [5, 5.41) is 0. The van der Waals surface area contributed by atoms with E-state index in [1.54, 1.807) is 12.0 Å². The van der Waals surface area contributed by atoms with Gasteiger partial charge in [0, 0.05) is 52.0 Å². The maximum absolute atomic E-state index is 12.8. The third kappa shape index (κ3) is 3.99. The Morgan fingerprint density at radius 3 is 2.31 bits per heavy atom.